The molecule has 64 valence electrons. The van der Waals surface area contributed by atoms with E-state index < -0.39 is 20.6 Å². The molecule has 0 aromatic carbocycles. The van der Waals surface area contributed by atoms with E-state index in [1.165, 1.54) is 0 Å². The highest BCUT2D eigenvalue weighted by molar-refractivity contribution is 7.71. The number of rotatable bonds is 4. The van der Waals surface area contributed by atoms with Crippen molar-refractivity contribution in [1.29, 1.82) is 0 Å². The Morgan fingerprint density at radius 3 is 1.55 bits per heavy atom. The first-order valence-electron chi connectivity index (χ1n) is 2.53. The summed E-state index contributed by atoms with van der Waals surface area (Å²) in [5.74, 6) is 0. The molecule has 0 aromatic heterocycles. The number of ether oxygens (including phenoxy) is 1. The summed E-state index contributed by atoms with van der Waals surface area (Å²) < 4.78 is 43.9. The predicted molar refractivity (Wildman–Crippen MR) is 40.8 cm³/mol. The van der Waals surface area contributed by atoms with Gasteiger partial charge in [-0.2, -0.15) is 16.8 Å². The van der Waals surface area contributed by atoms with Crippen LogP contribution in [-0.4, -0.2) is 40.8 Å². The van der Waals surface area contributed by atoms with Gasteiger partial charge in [0, 0.05) is 0 Å². The lowest BCUT2D eigenvalue weighted by atomic mass is 10.8. The molecule has 0 aliphatic heterocycles. The van der Waals surface area contributed by atoms with E-state index in [2.05, 4.69) is 4.74 Å². The minimum absolute atomic E-state index is 0.107. The van der Waals surface area contributed by atoms with Crippen LogP contribution < -0.4 is 0 Å². The summed E-state index contributed by atoms with van der Waals surface area (Å²) in [5, 5.41) is 1.78. The lowest BCUT2D eigenvalue weighted by Gasteiger charge is -1.87. The summed E-state index contributed by atoms with van der Waals surface area (Å²) >= 11 is 0. The van der Waals surface area contributed by atoms with Crippen LogP contribution in [0.5, 0.6) is 0 Å². The first kappa shape index (κ1) is 10.3. The second-order valence-corrected chi connectivity index (χ2v) is 3.10. The Bertz CT molecular complexity index is 294. The lowest BCUT2D eigenvalue weighted by molar-refractivity contribution is 0.223. The van der Waals surface area contributed by atoms with Crippen LogP contribution in [0.2, 0.25) is 0 Å². The summed E-state index contributed by atoms with van der Waals surface area (Å²) in [6.07, 6.45) is 0. The predicted octanol–water partition coefficient (Wildman–Crippen LogP) is -1.63. The van der Waals surface area contributed by atoms with Crippen LogP contribution >= 0.6 is 0 Å². The van der Waals surface area contributed by atoms with Crippen molar-refractivity contribution in [3.8, 4) is 0 Å². The number of hydrogen-bond acceptors (Lipinski definition) is 5. The molecule has 0 saturated carbocycles. The molecule has 0 heterocycles. The molecule has 11 heavy (non-hydrogen) atoms. The van der Waals surface area contributed by atoms with Crippen molar-refractivity contribution in [2.24, 2.45) is 0 Å². The van der Waals surface area contributed by atoms with Crippen molar-refractivity contribution in [3.63, 3.8) is 0 Å². The monoisotopic (exact) mass is 198 g/mol. The van der Waals surface area contributed by atoms with Crippen LogP contribution in [0.3, 0.4) is 0 Å². The fourth-order valence-corrected chi connectivity index (χ4v) is 0.690. The summed E-state index contributed by atoms with van der Waals surface area (Å²) in [4.78, 5) is 0. The fourth-order valence-electron chi connectivity index (χ4n) is 0.275. The van der Waals surface area contributed by atoms with Gasteiger partial charge in [0.1, 0.15) is 0 Å². The molecule has 0 aliphatic carbocycles. The van der Waals surface area contributed by atoms with E-state index in [-0.39, 0.29) is 13.2 Å². The van der Waals surface area contributed by atoms with Gasteiger partial charge in [-0.1, -0.05) is 0 Å². The largest absolute Gasteiger partial charge is 0.371 e. The van der Waals surface area contributed by atoms with Gasteiger partial charge in [0.15, 0.2) is 0 Å². The van der Waals surface area contributed by atoms with E-state index in [0.717, 1.165) is 10.7 Å². The Morgan fingerprint density at radius 1 is 0.909 bits per heavy atom. The Labute approximate surface area is 66.7 Å². The van der Waals surface area contributed by atoms with Gasteiger partial charge >= 0.3 is 0 Å². The van der Waals surface area contributed by atoms with E-state index >= 15 is 0 Å². The van der Waals surface area contributed by atoms with Crippen LogP contribution in [-0.2, 0) is 25.3 Å². The first-order valence-corrected chi connectivity index (χ1v) is 4.81. The molecule has 0 N–H and O–H groups in total. The maximum atomic E-state index is 9.83. The van der Waals surface area contributed by atoms with Crippen molar-refractivity contribution in [1.82, 2.24) is 0 Å². The van der Waals surface area contributed by atoms with Gasteiger partial charge in [0.05, 0.1) is 23.9 Å². The standard InChI is InChI=1S/C4H6O5S2/c5-10(6)3-1-9-2-4-11(7)8/h3-4H,1-2H2. The summed E-state index contributed by atoms with van der Waals surface area (Å²) in [6, 6.07) is 0. The average molecular weight is 198 g/mol. The molecule has 0 saturated heterocycles. The molecule has 0 spiro atoms. The van der Waals surface area contributed by atoms with Gasteiger partial charge in [-0.05, 0) is 0 Å². The SMILES string of the molecule is O=S(=O)=CCOCC=S(=O)=O. The quantitative estimate of drug-likeness (QED) is 0.400. The molecule has 0 radical (unpaired) electrons. The zero-order chi connectivity index (χ0) is 8.69. The third-order valence-electron chi connectivity index (χ3n) is 0.644. The average Bonchev–Trinajstić information content (AvgIpc) is 1.85. The fraction of sp³-hybridized carbons (Fsp3) is 0.500. The van der Waals surface area contributed by atoms with E-state index in [1.54, 1.807) is 0 Å². The Hall–Kier alpha value is -0.660. The number of hydrogen-bond donors (Lipinski definition) is 0. The molecule has 0 rings (SSSR count). The lowest BCUT2D eigenvalue weighted by Crippen LogP contribution is -1.99. The van der Waals surface area contributed by atoms with E-state index in [1.807, 2.05) is 0 Å². The van der Waals surface area contributed by atoms with Crippen molar-refractivity contribution >= 4 is 31.3 Å². The van der Waals surface area contributed by atoms with Crippen LogP contribution in [0.4, 0.5) is 0 Å². The smallest absolute Gasteiger partial charge is 0.212 e. The van der Waals surface area contributed by atoms with Gasteiger partial charge in [-0.15, -0.1) is 0 Å². The summed E-state index contributed by atoms with van der Waals surface area (Å²) in [5.41, 5.74) is 0. The molecule has 0 aromatic rings. The second-order valence-electron chi connectivity index (χ2n) is 1.39. The van der Waals surface area contributed by atoms with E-state index in [9.17, 15) is 16.8 Å². The summed E-state index contributed by atoms with van der Waals surface area (Å²) in [6.45, 7) is -0.215. The Morgan fingerprint density at radius 2 is 1.27 bits per heavy atom. The zero-order valence-corrected chi connectivity index (χ0v) is 7.06. The van der Waals surface area contributed by atoms with Crippen molar-refractivity contribution in [2.45, 2.75) is 0 Å². The van der Waals surface area contributed by atoms with Crippen LogP contribution in [0.15, 0.2) is 0 Å². The molecule has 0 fully saturated rings. The van der Waals surface area contributed by atoms with Gasteiger partial charge in [-0.25, -0.2) is 0 Å². The molecular formula is C4H6O5S2. The van der Waals surface area contributed by atoms with Gasteiger partial charge in [0.25, 0.3) is 0 Å². The maximum Gasteiger partial charge on any atom is 0.212 e. The highest BCUT2D eigenvalue weighted by Gasteiger charge is 1.80. The molecule has 5 nitrogen and oxygen atoms in total. The van der Waals surface area contributed by atoms with Crippen molar-refractivity contribution < 1.29 is 21.6 Å². The molecule has 0 unspecified atom stereocenters. The van der Waals surface area contributed by atoms with Crippen molar-refractivity contribution in [2.75, 3.05) is 13.2 Å². The Balaban J connectivity index is 3.61. The van der Waals surface area contributed by atoms with Crippen LogP contribution in [0.25, 0.3) is 0 Å². The molecule has 0 amide bonds. The zero-order valence-electron chi connectivity index (χ0n) is 5.43. The highest BCUT2D eigenvalue weighted by atomic mass is 32.2. The van der Waals surface area contributed by atoms with E-state index in [4.69, 9.17) is 0 Å². The molecule has 0 aliphatic rings. The molecular weight excluding hydrogens is 192 g/mol. The van der Waals surface area contributed by atoms with Crippen LogP contribution in [0, 0.1) is 0 Å². The molecule has 7 heteroatoms. The molecule has 0 bridgehead atoms. The maximum absolute atomic E-state index is 9.83. The highest BCUT2D eigenvalue weighted by Crippen LogP contribution is 1.65. The minimum Gasteiger partial charge on any atom is -0.371 e. The normalized spacial score (nSPS) is 8.73. The minimum atomic E-state index is -2.25. The second kappa shape index (κ2) is 6.08. The third-order valence-corrected chi connectivity index (χ3v) is 1.46. The van der Waals surface area contributed by atoms with Gasteiger partial charge in [0.2, 0.25) is 20.6 Å². The summed E-state index contributed by atoms with van der Waals surface area (Å²) in [7, 11) is -4.50. The Kier molecular flexibility index (Phi) is 5.71. The van der Waals surface area contributed by atoms with Gasteiger partial charge < -0.3 is 4.74 Å². The topological polar surface area (TPSA) is 77.5 Å². The third kappa shape index (κ3) is 9.34. The molecule has 0 atom stereocenters. The van der Waals surface area contributed by atoms with E-state index in [0.29, 0.717) is 0 Å². The van der Waals surface area contributed by atoms with Gasteiger partial charge in [-0.3, -0.25) is 0 Å². The van der Waals surface area contributed by atoms with Crippen LogP contribution in [0.1, 0.15) is 0 Å². The first-order chi connectivity index (χ1) is 5.13. The van der Waals surface area contributed by atoms with Crippen molar-refractivity contribution in [3.05, 3.63) is 0 Å².